The molecule has 7 atom stereocenters. The van der Waals surface area contributed by atoms with Crippen molar-refractivity contribution in [2.24, 2.45) is 20.9 Å². The normalized spacial score (nSPS) is 26.6. The summed E-state index contributed by atoms with van der Waals surface area (Å²) in [7, 11) is 0. The molecule has 0 spiro atoms. The van der Waals surface area contributed by atoms with Gasteiger partial charge in [-0.2, -0.15) is 0 Å². The number of hydrogen-bond donors (Lipinski definition) is 8. The molecule has 1 aliphatic carbocycles. The lowest BCUT2D eigenvalue weighted by atomic mass is 9.60. The summed E-state index contributed by atoms with van der Waals surface area (Å²) in [5.74, 6) is -3.67. The molecule has 0 radical (unpaired) electrons. The van der Waals surface area contributed by atoms with Gasteiger partial charge in [-0.05, 0) is 77.4 Å². The molecule has 3 aromatic carbocycles. The number of unbranched alkanes of at least 4 members (excludes halogenated alkanes) is 2. The molecular formula is C47H51N4O13+. The van der Waals surface area contributed by atoms with Gasteiger partial charge in [0.25, 0.3) is 0 Å². The summed E-state index contributed by atoms with van der Waals surface area (Å²) < 4.78 is 30.7. The van der Waals surface area contributed by atoms with Gasteiger partial charge in [0.1, 0.15) is 59.3 Å². The number of phenolic OH excluding ortho intramolecular Hbond substituents is 2. The fourth-order valence-electron chi connectivity index (χ4n) is 8.85. The average Bonchev–Trinajstić information content (AvgIpc) is 3.95. The third kappa shape index (κ3) is 8.34. The predicted octanol–water partition coefficient (Wildman–Crippen LogP) is 3.84. The van der Waals surface area contributed by atoms with Gasteiger partial charge in [0, 0.05) is 24.6 Å². The molecule has 1 saturated heterocycles. The minimum atomic E-state index is -2.63. The van der Waals surface area contributed by atoms with E-state index < -0.39 is 53.4 Å². The molecule has 1 fully saturated rings. The van der Waals surface area contributed by atoms with Crippen molar-refractivity contribution < 1.29 is 69.6 Å². The molecule has 336 valence electrons. The molecule has 9 N–H and O–H groups in total. The molecule has 4 heterocycles. The average molecular weight is 880 g/mol. The van der Waals surface area contributed by atoms with E-state index >= 15 is 0 Å². The Kier molecular flexibility index (Phi) is 12.3. The van der Waals surface area contributed by atoms with E-state index in [-0.39, 0.29) is 47.5 Å². The lowest BCUT2D eigenvalue weighted by Crippen LogP contribution is -2.79. The van der Waals surface area contributed by atoms with Crippen LogP contribution in [0.2, 0.25) is 0 Å². The third-order valence-electron chi connectivity index (χ3n) is 12.0. The molecule has 0 amide bonds. The van der Waals surface area contributed by atoms with Crippen molar-refractivity contribution >= 4 is 35.3 Å². The van der Waals surface area contributed by atoms with Crippen molar-refractivity contribution in [3.05, 3.63) is 101 Å². The number of rotatable bonds is 17. The summed E-state index contributed by atoms with van der Waals surface area (Å²) in [6.07, 6.45) is 3.94. The highest BCUT2D eigenvalue weighted by atomic mass is 16.7. The Hall–Kier alpha value is -6.53. The molecule has 17 heteroatoms. The number of aliphatic hydroxyl groups is 4. The highest BCUT2D eigenvalue weighted by Gasteiger charge is 2.71. The molecular weight excluding hydrogens is 829 g/mol. The van der Waals surface area contributed by atoms with Crippen LogP contribution >= 0.6 is 0 Å². The number of aliphatic imine (C=N–C) groups is 3. The second-order valence-electron chi connectivity index (χ2n) is 16.4. The van der Waals surface area contributed by atoms with Crippen molar-refractivity contribution in [3.63, 3.8) is 0 Å². The van der Waals surface area contributed by atoms with Crippen LogP contribution in [0.5, 0.6) is 34.5 Å². The van der Waals surface area contributed by atoms with Gasteiger partial charge in [0.15, 0.2) is 28.9 Å². The van der Waals surface area contributed by atoms with E-state index in [1.54, 1.807) is 42.5 Å². The van der Waals surface area contributed by atoms with Crippen LogP contribution in [0.25, 0.3) is 5.76 Å². The van der Waals surface area contributed by atoms with Crippen LogP contribution in [0, 0.1) is 5.92 Å². The van der Waals surface area contributed by atoms with Crippen LogP contribution in [0.15, 0.2) is 93.4 Å². The van der Waals surface area contributed by atoms with E-state index in [2.05, 4.69) is 15.0 Å². The Morgan fingerprint density at radius 1 is 0.984 bits per heavy atom. The Balaban J connectivity index is 1.15. The van der Waals surface area contributed by atoms with Crippen molar-refractivity contribution in [1.82, 2.24) is 0 Å². The number of aromatic hydroxyl groups is 2. The fraction of sp³-hybridized carbons (Fsp3) is 0.383. The molecule has 4 aliphatic heterocycles. The number of nitrogens with zero attached hydrogens (tertiary/aromatic N) is 3. The number of aliphatic carboxylic acids is 1. The van der Waals surface area contributed by atoms with Crippen LogP contribution in [-0.4, -0.2) is 108 Å². The molecule has 0 saturated carbocycles. The van der Waals surface area contributed by atoms with Crippen LogP contribution < -0.4 is 24.4 Å². The van der Waals surface area contributed by atoms with Crippen molar-refractivity contribution in [1.29, 1.82) is 0 Å². The van der Waals surface area contributed by atoms with Gasteiger partial charge >= 0.3 is 11.8 Å². The lowest BCUT2D eigenvalue weighted by molar-refractivity contribution is -0.338. The van der Waals surface area contributed by atoms with Crippen LogP contribution in [0.4, 0.5) is 0 Å². The number of aryl methyl sites for hydroxylation is 1. The maximum absolute atomic E-state index is 13.0. The molecule has 64 heavy (non-hydrogen) atoms. The fourth-order valence-corrected chi connectivity index (χ4v) is 8.85. The molecule has 7 unspecified atom stereocenters. The Morgan fingerprint density at radius 2 is 1.77 bits per heavy atom. The van der Waals surface area contributed by atoms with Gasteiger partial charge < -0.3 is 59.4 Å². The number of ether oxygens (including phenoxy) is 5. The topological polar surface area (TPSA) is 268 Å². The zero-order chi connectivity index (χ0) is 45.3. The van der Waals surface area contributed by atoms with Gasteiger partial charge in [-0.25, -0.2) is 9.79 Å². The lowest BCUT2D eigenvalue weighted by Gasteiger charge is -2.57. The standard InChI is InChI=1S/C47H50N4O13/c1-3-5-6-7-28-21-46(58)44(57)47(59,39(28)32-22-49-24-50-32)42(43(55)56)64-45(46)63-36-20-35-38(40(54)41(36)61-23-26-16-25(4-2)17-30(52)18-26)33(53)19-34(62-35)27-8-11-31(12-9-27)60-15-14-29-10-13-37(48)51-29/h8-13,16-21,24,34,39,42,44-45,48,52-54,57-59H,3-7,14-15,22-23H2,1-2H3,(H,55,56)/p+1. The first-order valence-corrected chi connectivity index (χ1v) is 21.2. The first kappa shape index (κ1) is 44.1. The zero-order valence-corrected chi connectivity index (χ0v) is 35.3. The van der Waals surface area contributed by atoms with E-state index in [0.717, 1.165) is 24.1 Å². The number of fused-ring (bicyclic) bond motifs is 3. The molecule has 5 aliphatic rings. The van der Waals surface area contributed by atoms with Crippen LogP contribution in [0.3, 0.4) is 0 Å². The monoisotopic (exact) mass is 879 g/mol. The van der Waals surface area contributed by atoms with Gasteiger partial charge in [-0.1, -0.05) is 50.5 Å². The number of nitrogens with two attached hydrogens (primary N) is 1. The van der Waals surface area contributed by atoms with Crippen LogP contribution in [-0.2, 0) is 22.6 Å². The number of aliphatic hydroxyl groups excluding tert-OH is 2. The number of carbonyl (C=O) groups is 1. The van der Waals surface area contributed by atoms with E-state index in [1.807, 2.05) is 19.9 Å². The summed E-state index contributed by atoms with van der Waals surface area (Å²) in [6.45, 7) is 4.06. The smallest absolute Gasteiger partial charge is 0.336 e. The van der Waals surface area contributed by atoms with E-state index in [0.29, 0.717) is 66.3 Å². The highest BCUT2D eigenvalue weighted by Crippen LogP contribution is 2.54. The van der Waals surface area contributed by atoms with E-state index in [4.69, 9.17) is 29.1 Å². The summed E-state index contributed by atoms with van der Waals surface area (Å²) in [4.78, 5) is 25.7. The van der Waals surface area contributed by atoms with Crippen molar-refractivity contribution in [2.45, 2.75) is 94.8 Å². The molecule has 17 nitrogen and oxygen atoms in total. The summed E-state index contributed by atoms with van der Waals surface area (Å²) >= 11 is 0. The second-order valence-corrected chi connectivity index (χ2v) is 16.4. The maximum Gasteiger partial charge on any atom is 0.336 e. The van der Waals surface area contributed by atoms with Gasteiger partial charge in [0.2, 0.25) is 12.0 Å². The van der Waals surface area contributed by atoms with Gasteiger partial charge in [-0.3, -0.25) is 10.4 Å². The number of phenols is 2. The number of allylic oxidation sites excluding steroid dienone is 1. The SMILES string of the molecule is CCCCCC1=CC2(O)C(Oc3cc4c(c(O)c3OCc3cc(O)cc(CC)c3)C(O)=CC(c3ccc(OCCC5=NC(=[NH2+])C=C5)cc3)O4)OC(C(=O)O)C(O)(C1C1=NC=NC1)C2O. The first-order chi connectivity index (χ1) is 30.7. The maximum atomic E-state index is 13.0. The number of carboxylic acids is 1. The summed E-state index contributed by atoms with van der Waals surface area (Å²) in [5, 5.41) is 87.0. The van der Waals surface area contributed by atoms with Crippen LogP contribution in [0.1, 0.15) is 74.3 Å². The summed E-state index contributed by atoms with van der Waals surface area (Å²) in [6, 6.07) is 13.1. The number of amidine groups is 1. The number of carboxylic acid groups (broad SMARTS) is 1. The third-order valence-corrected chi connectivity index (χ3v) is 12.0. The molecule has 0 aromatic heterocycles. The highest BCUT2D eigenvalue weighted by molar-refractivity contribution is 6.13. The molecule has 2 bridgehead atoms. The minimum absolute atomic E-state index is 0.0178. The second kappa shape index (κ2) is 17.9. The van der Waals surface area contributed by atoms with Crippen molar-refractivity contribution in [3.8, 4) is 34.5 Å². The summed E-state index contributed by atoms with van der Waals surface area (Å²) in [5.41, 5.74) is -1.95. The molecule has 3 aromatic rings. The van der Waals surface area contributed by atoms with Crippen molar-refractivity contribution in [2.75, 3.05) is 13.2 Å². The number of hydrogen-bond acceptors (Lipinski definition) is 14. The Labute approximate surface area is 368 Å². The predicted molar refractivity (Wildman–Crippen MR) is 233 cm³/mol. The molecule has 8 rings (SSSR count). The van der Waals surface area contributed by atoms with E-state index in [9.17, 15) is 40.5 Å². The Morgan fingerprint density at radius 3 is 2.45 bits per heavy atom. The first-order valence-electron chi connectivity index (χ1n) is 21.2. The zero-order valence-electron chi connectivity index (χ0n) is 35.3. The minimum Gasteiger partial charge on any atom is -0.508 e. The largest absolute Gasteiger partial charge is 0.508 e. The number of benzene rings is 3. The van der Waals surface area contributed by atoms with Gasteiger partial charge in [0.05, 0.1) is 24.8 Å². The van der Waals surface area contributed by atoms with Gasteiger partial charge in [-0.15, -0.1) is 0 Å². The van der Waals surface area contributed by atoms with E-state index in [1.165, 1.54) is 30.6 Å². The quantitative estimate of drug-likeness (QED) is 0.0709. The Bertz CT molecular complexity index is 2510.